The molecule has 0 aliphatic heterocycles. The van der Waals surface area contributed by atoms with E-state index in [1.807, 2.05) is 0 Å². The van der Waals surface area contributed by atoms with Crippen LogP contribution in [0.5, 0.6) is 0 Å². The molecule has 2 aromatic carbocycles. The monoisotopic (exact) mass is 255 g/mol. The van der Waals surface area contributed by atoms with Gasteiger partial charge in [-0.05, 0) is 35.4 Å². The van der Waals surface area contributed by atoms with Crippen molar-refractivity contribution in [3.8, 4) is 0 Å². The van der Waals surface area contributed by atoms with Gasteiger partial charge < -0.3 is 5.73 Å². The van der Waals surface area contributed by atoms with Gasteiger partial charge in [-0.2, -0.15) is 0 Å². The van der Waals surface area contributed by atoms with E-state index in [1.54, 1.807) is 0 Å². The van der Waals surface area contributed by atoms with E-state index in [2.05, 4.69) is 0 Å². The number of benzene rings is 2. The number of rotatable bonds is 2. The molecule has 0 aliphatic carbocycles. The van der Waals surface area contributed by atoms with Gasteiger partial charge in [-0.3, -0.25) is 0 Å². The van der Waals surface area contributed by atoms with Crippen LogP contribution in [-0.2, 0) is 0 Å². The summed E-state index contributed by atoms with van der Waals surface area (Å²) >= 11 is 0. The maximum Gasteiger partial charge on any atom is 0.159 e. The summed E-state index contributed by atoms with van der Waals surface area (Å²) in [4.78, 5) is 0. The van der Waals surface area contributed by atoms with Crippen molar-refractivity contribution in [2.45, 2.75) is 6.04 Å². The minimum Gasteiger partial charge on any atom is -0.320 e. The number of nitrogens with two attached hydrogens (primary N) is 1. The minimum absolute atomic E-state index is 0.278. The highest BCUT2D eigenvalue weighted by atomic mass is 19.2. The summed E-state index contributed by atoms with van der Waals surface area (Å²) in [5.41, 5.74) is 6.33. The van der Waals surface area contributed by atoms with Crippen molar-refractivity contribution >= 4 is 0 Å². The van der Waals surface area contributed by atoms with Crippen LogP contribution in [0.3, 0.4) is 0 Å². The van der Waals surface area contributed by atoms with E-state index < -0.39 is 29.3 Å². The summed E-state index contributed by atoms with van der Waals surface area (Å²) in [6, 6.07) is 5.47. The standard InChI is InChI=1S/C13H9F4N/c14-9-3-1-7(5-11(9)16)13(18)8-2-4-10(15)12(17)6-8/h1-6,13H,18H2. The van der Waals surface area contributed by atoms with Gasteiger partial charge in [0, 0.05) is 0 Å². The molecule has 0 heterocycles. The molecule has 0 amide bonds. The Morgan fingerprint density at radius 1 is 0.667 bits per heavy atom. The molecule has 1 nitrogen and oxygen atoms in total. The largest absolute Gasteiger partial charge is 0.320 e. The molecular formula is C13H9F4N. The Bertz CT molecular complexity index is 532. The third-order valence-corrected chi connectivity index (χ3v) is 2.61. The molecule has 2 rings (SSSR count). The zero-order valence-electron chi connectivity index (χ0n) is 9.13. The average molecular weight is 255 g/mol. The lowest BCUT2D eigenvalue weighted by Crippen LogP contribution is -2.13. The molecule has 0 atom stereocenters. The first kappa shape index (κ1) is 12.6. The van der Waals surface area contributed by atoms with Gasteiger partial charge >= 0.3 is 0 Å². The minimum atomic E-state index is -1.04. The zero-order valence-corrected chi connectivity index (χ0v) is 9.13. The van der Waals surface area contributed by atoms with Gasteiger partial charge in [0.2, 0.25) is 0 Å². The van der Waals surface area contributed by atoms with Crippen molar-refractivity contribution in [1.82, 2.24) is 0 Å². The topological polar surface area (TPSA) is 26.0 Å². The van der Waals surface area contributed by atoms with Crippen LogP contribution in [0.2, 0.25) is 0 Å². The second kappa shape index (κ2) is 4.78. The number of hydrogen-bond acceptors (Lipinski definition) is 1. The molecule has 0 saturated heterocycles. The summed E-state index contributed by atoms with van der Waals surface area (Å²) in [5, 5.41) is 0. The van der Waals surface area contributed by atoms with E-state index in [0.717, 1.165) is 24.3 Å². The highest BCUT2D eigenvalue weighted by molar-refractivity contribution is 5.32. The Balaban J connectivity index is 2.37. The molecule has 2 aromatic rings. The van der Waals surface area contributed by atoms with E-state index in [1.165, 1.54) is 12.1 Å². The van der Waals surface area contributed by atoms with Crippen molar-refractivity contribution < 1.29 is 17.6 Å². The van der Waals surface area contributed by atoms with Gasteiger partial charge in [0.05, 0.1) is 6.04 Å². The van der Waals surface area contributed by atoms with E-state index in [0.29, 0.717) is 0 Å². The van der Waals surface area contributed by atoms with Crippen molar-refractivity contribution in [3.05, 3.63) is 70.8 Å². The Kier molecular flexibility index (Phi) is 3.34. The molecule has 2 N–H and O–H groups in total. The van der Waals surface area contributed by atoms with Crippen LogP contribution in [-0.4, -0.2) is 0 Å². The number of hydrogen-bond donors (Lipinski definition) is 1. The van der Waals surface area contributed by atoms with Gasteiger partial charge in [-0.25, -0.2) is 17.6 Å². The quantitative estimate of drug-likeness (QED) is 0.819. The van der Waals surface area contributed by atoms with Crippen LogP contribution in [0.15, 0.2) is 36.4 Å². The maximum absolute atomic E-state index is 13.0. The Labute approximate surface area is 101 Å². The lowest BCUT2D eigenvalue weighted by atomic mass is 9.99. The molecular weight excluding hydrogens is 246 g/mol. The van der Waals surface area contributed by atoms with Crippen LogP contribution in [0, 0.1) is 23.3 Å². The van der Waals surface area contributed by atoms with E-state index in [9.17, 15) is 17.6 Å². The predicted molar refractivity (Wildman–Crippen MR) is 58.7 cm³/mol. The van der Waals surface area contributed by atoms with E-state index in [-0.39, 0.29) is 11.1 Å². The smallest absolute Gasteiger partial charge is 0.159 e. The van der Waals surface area contributed by atoms with Gasteiger partial charge in [0.15, 0.2) is 23.3 Å². The summed E-state index contributed by atoms with van der Waals surface area (Å²) in [6.45, 7) is 0. The van der Waals surface area contributed by atoms with Crippen LogP contribution in [0.25, 0.3) is 0 Å². The van der Waals surface area contributed by atoms with Gasteiger partial charge in [-0.15, -0.1) is 0 Å². The molecule has 0 saturated carbocycles. The summed E-state index contributed by atoms with van der Waals surface area (Å²) in [6.07, 6.45) is 0. The van der Waals surface area contributed by atoms with Crippen LogP contribution in [0.1, 0.15) is 17.2 Å². The zero-order chi connectivity index (χ0) is 13.3. The van der Waals surface area contributed by atoms with E-state index >= 15 is 0 Å². The molecule has 5 heteroatoms. The SMILES string of the molecule is NC(c1ccc(F)c(F)c1)c1ccc(F)c(F)c1. The van der Waals surface area contributed by atoms with Gasteiger partial charge in [0.1, 0.15) is 0 Å². The molecule has 0 aromatic heterocycles. The molecule has 0 radical (unpaired) electrons. The van der Waals surface area contributed by atoms with Crippen molar-refractivity contribution in [2.75, 3.05) is 0 Å². The summed E-state index contributed by atoms with van der Waals surface area (Å²) in [7, 11) is 0. The predicted octanol–water partition coefficient (Wildman–Crippen LogP) is 3.29. The Morgan fingerprint density at radius 2 is 1.06 bits per heavy atom. The molecule has 0 bridgehead atoms. The fraction of sp³-hybridized carbons (Fsp3) is 0.0769. The number of halogens is 4. The summed E-state index contributed by atoms with van der Waals surface area (Å²) in [5.74, 6) is -4.05. The first-order valence-electron chi connectivity index (χ1n) is 5.14. The highest BCUT2D eigenvalue weighted by Gasteiger charge is 2.13. The Hall–Kier alpha value is -1.88. The van der Waals surface area contributed by atoms with Gasteiger partial charge in [-0.1, -0.05) is 12.1 Å². The van der Waals surface area contributed by atoms with Crippen molar-refractivity contribution in [1.29, 1.82) is 0 Å². The fourth-order valence-electron chi connectivity index (χ4n) is 1.60. The van der Waals surface area contributed by atoms with Crippen LogP contribution in [0.4, 0.5) is 17.6 Å². The second-order valence-corrected chi connectivity index (χ2v) is 3.82. The highest BCUT2D eigenvalue weighted by Crippen LogP contribution is 2.22. The van der Waals surface area contributed by atoms with Gasteiger partial charge in [0.25, 0.3) is 0 Å². The Morgan fingerprint density at radius 3 is 1.39 bits per heavy atom. The fourth-order valence-corrected chi connectivity index (χ4v) is 1.60. The van der Waals surface area contributed by atoms with Crippen LogP contribution >= 0.6 is 0 Å². The normalized spacial score (nSPS) is 11.0. The molecule has 18 heavy (non-hydrogen) atoms. The lowest BCUT2D eigenvalue weighted by molar-refractivity contribution is 0.503. The van der Waals surface area contributed by atoms with Crippen molar-refractivity contribution in [3.63, 3.8) is 0 Å². The molecule has 94 valence electrons. The molecule has 0 unspecified atom stereocenters. The second-order valence-electron chi connectivity index (χ2n) is 3.82. The maximum atomic E-state index is 13.0. The summed E-state index contributed by atoms with van der Waals surface area (Å²) < 4.78 is 51.6. The molecule has 0 spiro atoms. The average Bonchev–Trinajstić information content (AvgIpc) is 2.35. The lowest BCUT2D eigenvalue weighted by Gasteiger charge is -2.13. The van der Waals surface area contributed by atoms with E-state index in [4.69, 9.17) is 5.73 Å². The van der Waals surface area contributed by atoms with Crippen molar-refractivity contribution in [2.24, 2.45) is 5.73 Å². The molecule has 0 aliphatic rings. The van der Waals surface area contributed by atoms with Crippen LogP contribution < -0.4 is 5.73 Å². The third-order valence-electron chi connectivity index (χ3n) is 2.61. The first-order chi connectivity index (χ1) is 8.49. The first-order valence-corrected chi connectivity index (χ1v) is 5.14. The third kappa shape index (κ3) is 2.36. The molecule has 0 fully saturated rings.